The Morgan fingerprint density at radius 2 is 1.91 bits per heavy atom. The first-order valence-corrected chi connectivity index (χ1v) is 7.35. The number of benzene rings is 2. The standard InChI is InChI=1S/C14H11N5O3S/c1-22-12-8-4-2-6-10(12)18-14(15-16-17-18)23-13-9-5-3-7-11(13)19(20)21/h2-9H,1H3. The van der Waals surface area contributed by atoms with Gasteiger partial charge in [0.05, 0.1) is 16.9 Å². The number of ether oxygens (including phenoxy) is 1. The summed E-state index contributed by atoms with van der Waals surface area (Å²) in [6, 6.07) is 13.7. The van der Waals surface area contributed by atoms with Crippen LogP contribution in [0.4, 0.5) is 5.69 Å². The number of tetrazole rings is 1. The number of methoxy groups -OCH3 is 1. The monoisotopic (exact) mass is 329 g/mol. The van der Waals surface area contributed by atoms with Gasteiger partial charge in [-0.15, -0.1) is 5.10 Å². The molecule has 0 N–H and O–H groups in total. The van der Waals surface area contributed by atoms with Crippen LogP contribution in [0.25, 0.3) is 5.69 Å². The highest BCUT2D eigenvalue weighted by molar-refractivity contribution is 7.99. The van der Waals surface area contributed by atoms with Crippen molar-refractivity contribution in [2.75, 3.05) is 7.11 Å². The number of para-hydroxylation sites is 3. The zero-order valence-corrected chi connectivity index (χ0v) is 12.8. The topological polar surface area (TPSA) is 96.0 Å². The molecular formula is C14H11N5O3S. The molecule has 9 heteroatoms. The molecule has 0 fully saturated rings. The quantitative estimate of drug-likeness (QED) is 0.524. The van der Waals surface area contributed by atoms with Gasteiger partial charge in [-0.1, -0.05) is 24.3 Å². The second-order valence-corrected chi connectivity index (χ2v) is 5.38. The van der Waals surface area contributed by atoms with Crippen molar-refractivity contribution in [2.24, 2.45) is 0 Å². The smallest absolute Gasteiger partial charge is 0.283 e. The Bertz CT molecular complexity index is 852. The molecule has 1 heterocycles. The third kappa shape index (κ3) is 2.99. The lowest BCUT2D eigenvalue weighted by molar-refractivity contribution is -0.387. The summed E-state index contributed by atoms with van der Waals surface area (Å²) >= 11 is 1.12. The summed E-state index contributed by atoms with van der Waals surface area (Å²) in [6.07, 6.45) is 0. The van der Waals surface area contributed by atoms with E-state index in [0.717, 1.165) is 11.8 Å². The van der Waals surface area contributed by atoms with Gasteiger partial charge in [-0.05, 0) is 40.4 Å². The number of hydrogen-bond acceptors (Lipinski definition) is 7. The Hall–Kier alpha value is -2.94. The summed E-state index contributed by atoms with van der Waals surface area (Å²) in [6.45, 7) is 0. The fourth-order valence-electron chi connectivity index (χ4n) is 1.99. The summed E-state index contributed by atoms with van der Waals surface area (Å²) in [5.74, 6) is 0.601. The van der Waals surface area contributed by atoms with E-state index < -0.39 is 4.92 Å². The van der Waals surface area contributed by atoms with Gasteiger partial charge in [0.25, 0.3) is 5.69 Å². The first kappa shape index (κ1) is 15.0. The molecule has 0 aliphatic carbocycles. The molecule has 2 aromatic carbocycles. The van der Waals surface area contributed by atoms with Gasteiger partial charge >= 0.3 is 0 Å². The Balaban J connectivity index is 2.01. The molecule has 23 heavy (non-hydrogen) atoms. The highest BCUT2D eigenvalue weighted by atomic mass is 32.2. The maximum absolute atomic E-state index is 11.1. The van der Waals surface area contributed by atoms with Crippen molar-refractivity contribution < 1.29 is 9.66 Å². The van der Waals surface area contributed by atoms with E-state index in [4.69, 9.17) is 4.74 Å². The number of rotatable bonds is 5. The van der Waals surface area contributed by atoms with E-state index in [2.05, 4.69) is 15.5 Å². The van der Waals surface area contributed by atoms with Crippen LogP contribution in [0.2, 0.25) is 0 Å². The van der Waals surface area contributed by atoms with Crippen LogP contribution in [0.15, 0.2) is 58.6 Å². The van der Waals surface area contributed by atoms with Crippen molar-refractivity contribution in [2.45, 2.75) is 10.1 Å². The molecule has 3 rings (SSSR count). The Morgan fingerprint density at radius 1 is 1.17 bits per heavy atom. The van der Waals surface area contributed by atoms with Gasteiger partial charge in [0.15, 0.2) is 0 Å². The Labute approximate surface area is 135 Å². The fraction of sp³-hybridized carbons (Fsp3) is 0.0714. The van der Waals surface area contributed by atoms with Gasteiger partial charge in [0.2, 0.25) is 5.16 Å². The predicted molar refractivity (Wildman–Crippen MR) is 82.9 cm³/mol. The second-order valence-electron chi connectivity index (χ2n) is 4.37. The van der Waals surface area contributed by atoms with Gasteiger partial charge in [0.1, 0.15) is 11.4 Å². The van der Waals surface area contributed by atoms with Crippen molar-refractivity contribution in [3.05, 3.63) is 58.6 Å². The predicted octanol–water partition coefficient (Wildman–Crippen LogP) is 2.73. The molecule has 0 radical (unpaired) electrons. The molecule has 0 bridgehead atoms. The SMILES string of the molecule is COc1ccccc1-n1nnnc1Sc1ccccc1[N+](=O)[O-]. The minimum absolute atomic E-state index is 0.00655. The maximum Gasteiger partial charge on any atom is 0.283 e. The number of aromatic nitrogens is 4. The molecule has 0 saturated heterocycles. The van der Waals surface area contributed by atoms with Crippen molar-refractivity contribution >= 4 is 17.4 Å². The first-order valence-electron chi connectivity index (χ1n) is 6.53. The van der Waals surface area contributed by atoms with E-state index in [1.54, 1.807) is 37.4 Å². The van der Waals surface area contributed by atoms with Crippen LogP contribution in [-0.4, -0.2) is 32.2 Å². The molecule has 116 valence electrons. The molecule has 0 aliphatic heterocycles. The number of nitrogens with zero attached hydrogens (tertiary/aromatic N) is 5. The van der Waals surface area contributed by atoms with Crippen LogP contribution >= 0.6 is 11.8 Å². The van der Waals surface area contributed by atoms with Gasteiger partial charge in [-0.25, -0.2) is 0 Å². The van der Waals surface area contributed by atoms with Crippen LogP contribution in [0.3, 0.4) is 0 Å². The number of nitro benzene ring substituents is 1. The third-order valence-corrected chi connectivity index (χ3v) is 4.02. The van der Waals surface area contributed by atoms with Gasteiger partial charge in [0, 0.05) is 6.07 Å². The molecule has 0 amide bonds. The zero-order valence-electron chi connectivity index (χ0n) is 12.0. The fourth-order valence-corrected chi connectivity index (χ4v) is 2.88. The largest absolute Gasteiger partial charge is 0.494 e. The van der Waals surface area contributed by atoms with Crippen LogP contribution in [0.5, 0.6) is 5.75 Å². The molecular weight excluding hydrogens is 318 g/mol. The van der Waals surface area contributed by atoms with Crippen molar-refractivity contribution in [3.8, 4) is 11.4 Å². The molecule has 0 spiro atoms. The lowest BCUT2D eigenvalue weighted by Crippen LogP contribution is -2.02. The van der Waals surface area contributed by atoms with Crippen molar-refractivity contribution in [1.82, 2.24) is 20.2 Å². The van der Waals surface area contributed by atoms with E-state index in [1.807, 2.05) is 12.1 Å². The van der Waals surface area contributed by atoms with E-state index in [9.17, 15) is 10.1 Å². The van der Waals surface area contributed by atoms with Gasteiger partial charge in [-0.3, -0.25) is 10.1 Å². The molecule has 0 unspecified atom stereocenters. The normalized spacial score (nSPS) is 10.5. The third-order valence-electron chi connectivity index (χ3n) is 3.02. The minimum atomic E-state index is -0.431. The van der Waals surface area contributed by atoms with Crippen molar-refractivity contribution in [1.29, 1.82) is 0 Å². The average Bonchev–Trinajstić information content (AvgIpc) is 3.03. The van der Waals surface area contributed by atoms with Crippen LogP contribution in [-0.2, 0) is 0 Å². The molecule has 8 nitrogen and oxygen atoms in total. The molecule has 0 atom stereocenters. The van der Waals surface area contributed by atoms with E-state index in [1.165, 1.54) is 10.7 Å². The van der Waals surface area contributed by atoms with E-state index >= 15 is 0 Å². The van der Waals surface area contributed by atoms with Gasteiger partial charge < -0.3 is 4.74 Å². The van der Waals surface area contributed by atoms with Crippen LogP contribution < -0.4 is 4.74 Å². The molecule has 0 saturated carbocycles. The van der Waals surface area contributed by atoms with Crippen LogP contribution in [0.1, 0.15) is 0 Å². The maximum atomic E-state index is 11.1. The van der Waals surface area contributed by atoms with Crippen LogP contribution in [0, 0.1) is 10.1 Å². The summed E-state index contributed by atoms with van der Waals surface area (Å²) < 4.78 is 6.79. The summed E-state index contributed by atoms with van der Waals surface area (Å²) in [4.78, 5) is 11.1. The molecule has 1 aromatic heterocycles. The lowest BCUT2D eigenvalue weighted by Gasteiger charge is -2.08. The van der Waals surface area contributed by atoms with E-state index in [0.29, 0.717) is 21.5 Å². The Morgan fingerprint density at radius 3 is 2.70 bits per heavy atom. The first-order chi connectivity index (χ1) is 11.2. The number of hydrogen-bond donors (Lipinski definition) is 0. The molecule has 3 aromatic rings. The lowest BCUT2D eigenvalue weighted by atomic mass is 10.3. The average molecular weight is 329 g/mol. The molecule has 0 aliphatic rings. The second kappa shape index (κ2) is 6.44. The van der Waals surface area contributed by atoms with E-state index in [-0.39, 0.29) is 5.69 Å². The highest BCUT2D eigenvalue weighted by Gasteiger charge is 2.19. The zero-order chi connectivity index (χ0) is 16.2. The van der Waals surface area contributed by atoms with Crippen molar-refractivity contribution in [3.63, 3.8) is 0 Å². The number of nitro groups is 1. The highest BCUT2D eigenvalue weighted by Crippen LogP contribution is 2.34. The summed E-state index contributed by atoms with van der Waals surface area (Å²) in [5, 5.41) is 23.1. The summed E-state index contributed by atoms with van der Waals surface area (Å²) in [5.41, 5.74) is 0.660. The Kier molecular flexibility index (Phi) is 4.20. The summed E-state index contributed by atoms with van der Waals surface area (Å²) in [7, 11) is 1.55. The minimum Gasteiger partial charge on any atom is -0.494 e. The van der Waals surface area contributed by atoms with Gasteiger partial charge in [-0.2, -0.15) is 4.68 Å².